The quantitative estimate of drug-likeness (QED) is 0.643. The Morgan fingerprint density at radius 3 is 2.59 bits per heavy atom. The number of aliphatic hydroxyl groups excluding tert-OH is 1. The zero-order chi connectivity index (χ0) is 16.2. The summed E-state index contributed by atoms with van der Waals surface area (Å²) in [5.74, 6) is -1.20. The topological polar surface area (TPSA) is 116 Å². The number of sulfonamides is 1. The first kappa shape index (κ1) is 16.7. The SMILES string of the molecule is O=C(O)c1ccc(N2CCOCC2)c(S(=O)(=O)NCCO)c1. The van der Waals surface area contributed by atoms with Gasteiger partial charge in [-0.05, 0) is 18.2 Å². The van der Waals surface area contributed by atoms with Crippen molar-refractivity contribution in [3.05, 3.63) is 23.8 Å². The van der Waals surface area contributed by atoms with Crippen molar-refractivity contribution in [2.75, 3.05) is 44.4 Å². The number of anilines is 1. The molecule has 0 bridgehead atoms. The molecule has 0 spiro atoms. The lowest BCUT2D eigenvalue weighted by Gasteiger charge is -2.30. The van der Waals surface area contributed by atoms with Crippen LogP contribution >= 0.6 is 0 Å². The average Bonchev–Trinajstić information content (AvgIpc) is 2.53. The van der Waals surface area contributed by atoms with E-state index < -0.39 is 16.0 Å². The molecule has 122 valence electrons. The van der Waals surface area contributed by atoms with E-state index >= 15 is 0 Å². The number of hydrogen-bond donors (Lipinski definition) is 3. The third-order valence-corrected chi connectivity index (χ3v) is 4.74. The van der Waals surface area contributed by atoms with Crippen LogP contribution in [0.4, 0.5) is 5.69 Å². The maximum absolute atomic E-state index is 12.4. The number of hydrogen-bond acceptors (Lipinski definition) is 6. The van der Waals surface area contributed by atoms with Gasteiger partial charge in [0.1, 0.15) is 4.90 Å². The Morgan fingerprint density at radius 2 is 2.00 bits per heavy atom. The van der Waals surface area contributed by atoms with E-state index in [9.17, 15) is 13.2 Å². The lowest BCUT2D eigenvalue weighted by atomic mass is 10.2. The summed E-state index contributed by atoms with van der Waals surface area (Å²) >= 11 is 0. The molecule has 1 aromatic carbocycles. The largest absolute Gasteiger partial charge is 0.478 e. The Hall–Kier alpha value is -1.68. The molecule has 8 nitrogen and oxygen atoms in total. The van der Waals surface area contributed by atoms with Gasteiger partial charge in [0, 0.05) is 19.6 Å². The minimum Gasteiger partial charge on any atom is -0.478 e. The number of nitrogens with one attached hydrogen (secondary N) is 1. The van der Waals surface area contributed by atoms with Crippen molar-refractivity contribution < 1.29 is 28.2 Å². The second-order valence-corrected chi connectivity index (χ2v) is 6.44. The third-order valence-electron chi connectivity index (χ3n) is 3.25. The van der Waals surface area contributed by atoms with Crippen molar-refractivity contribution in [1.82, 2.24) is 4.72 Å². The number of carboxylic acids is 1. The van der Waals surface area contributed by atoms with Crippen molar-refractivity contribution in [1.29, 1.82) is 0 Å². The van der Waals surface area contributed by atoms with Gasteiger partial charge in [-0.25, -0.2) is 17.9 Å². The van der Waals surface area contributed by atoms with Crippen molar-refractivity contribution in [3.8, 4) is 0 Å². The fourth-order valence-corrected chi connectivity index (χ4v) is 3.46. The van der Waals surface area contributed by atoms with Crippen LogP contribution in [0.15, 0.2) is 23.1 Å². The standard InChI is InChI=1S/C13H18N2O6S/c16-6-3-14-22(19,20)12-9-10(13(17)18)1-2-11(12)15-4-7-21-8-5-15/h1-2,9,14,16H,3-8H2,(H,17,18). The van der Waals surface area contributed by atoms with Crippen molar-refractivity contribution in [3.63, 3.8) is 0 Å². The summed E-state index contributed by atoms with van der Waals surface area (Å²) in [6.45, 7) is 1.52. The first-order valence-electron chi connectivity index (χ1n) is 6.76. The molecule has 0 aliphatic carbocycles. The summed E-state index contributed by atoms with van der Waals surface area (Å²) in [5.41, 5.74) is 0.320. The first-order valence-corrected chi connectivity index (χ1v) is 8.24. The van der Waals surface area contributed by atoms with Gasteiger partial charge in [-0.3, -0.25) is 0 Å². The molecule has 9 heteroatoms. The number of carbonyl (C=O) groups is 1. The maximum Gasteiger partial charge on any atom is 0.335 e. The molecule has 0 saturated carbocycles. The van der Waals surface area contributed by atoms with Crippen LogP contribution in [0.1, 0.15) is 10.4 Å². The molecule has 1 aliphatic rings. The fraction of sp³-hybridized carbons (Fsp3) is 0.462. The Bertz CT molecular complexity index is 640. The molecule has 0 aromatic heterocycles. The Kier molecular flexibility index (Phi) is 5.35. The summed E-state index contributed by atoms with van der Waals surface area (Å²) in [4.78, 5) is 12.8. The minimum atomic E-state index is -3.91. The monoisotopic (exact) mass is 330 g/mol. The third kappa shape index (κ3) is 3.74. The van der Waals surface area contributed by atoms with Gasteiger partial charge < -0.3 is 19.8 Å². The molecular formula is C13H18N2O6S. The molecule has 1 aromatic rings. The van der Waals surface area contributed by atoms with Gasteiger partial charge >= 0.3 is 5.97 Å². The summed E-state index contributed by atoms with van der Waals surface area (Å²) < 4.78 is 32.2. The highest BCUT2D eigenvalue weighted by Gasteiger charge is 2.24. The second-order valence-electron chi connectivity index (χ2n) is 4.71. The summed E-state index contributed by atoms with van der Waals surface area (Å²) in [7, 11) is -3.91. The number of aliphatic hydroxyl groups is 1. The molecule has 1 saturated heterocycles. The number of morpholine rings is 1. The van der Waals surface area contributed by atoms with Gasteiger partial charge in [0.05, 0.1) is 31.1 Å². The van der Waals surface area contributed by atoms with Gasteiger partial charge in [0.15, 0.2) is 0 Å². The van der Waals surface area contributed by atoms with E-state index in [-0.39, 0.29) is 23.6 Å². The highest BCUT2D eigenvalue weighted by molar-refractivity contribution is 7.89. The molecule has 1 heterocycles. The zero-order valence-electron chi connectivity index (χ0n) is 11.9. The van der Waals surface area contributed by atoms with E-state index in [0.717, 1.165) is 6.07 Å². The van der Waals surface area contributed by atoms with Crippen molar-refractivity contribution >= 4 is 21.7 Å². The normalized spacial score (nSPS) is 15.8. The summed E-state index contributed by atoms with van der Waals surface area (Å²) in [6, 6.07) is 3.99. The minimum absolute atomic E-state index is 0.109. The lowest BCUT2D eigenvalue weighted by Crippen LogP contribution is -2.38. The molecule has 2 rings (SSSR count). The van der Waals surface area contributed by atoms with Crippen LogP contribution in [-0.4, -0.2) is 64.1 Å². The summed E-state index contributed by atoms with van der Waals surface area (Å²) in [5, 5.41) is 17.9. The van der Waals surface area contributed by atoms with Crippen LogP contribution in [0.2, 0.25) is 0 Å². The highest BCUT2D eigenvalue weighted by Crippen LogP contribution is 2.27. The number of nitrogens with zero attached hydrogens (tertiary/aromatic N) is 1. The number of benzene rings is 1. The van der Waals surface area contributed by atoms with Gasteiger partial charge in [-0.15, -0.1) is 0 Å². The predicted octanol–water partition coefficient (Wildman–Crippen LogP) is -0.508. The van der Waals surface area contributed by atoms with E-state index in [1.807, 2.05) is 4.90 Å². The summed E-state index contributed by atoms with van der Waals surface area (Å²) in [6.07, 6.45) is 0. The zero-order valence-corrected chi connectivity index (χ0v) is 12.7. The molecule has 1 fully saturated rings. The molecule has 3 N–H and O–H groups in total. The molecular weight excluding hydrogens is 312 g/mol. The van der Waals surface area contributed by atoms with Crippen LogP contribution in [-0.2, 0) is 14.8 Å². The Labute approximate surface area is 128 Å². The van der Waals surface area contributed by atoms with Gasteiger partial charge in [-0.2, -0.15) is 0 Å². The lowest BCUT2D eigenvalue weighted by molar-refractivity contribution is 0.0696. The number of aromatic carboxylic acids is 1. The average molecular weight is 330 g/mol. The van der Waals surface area contributed by atoms with E-state index in [1.54, 1.807) is 0 Å². The van der Waals surface area contributed by atoms with E-state index in [2.05, 4.69) is 4.72 Å². The molecule has 0 unspecified atom stereocenters. The molecule has 22 heavy (non-hydrogen) atoms. The number of carboxylic acid groups (broad SMARTS) is 1. The van der Waals surface area contributed by atoms with E-state index in [4.69, 9.17) is 14.9 Å². The number of ether oxygens (including phenoxy) is 1. The molecule has 0 radical (unpaired) electrons. The Balaban J connectivity index is 2.46. The van der Waals surface area contributed by atoms with E-state index in [0.29, 0.717) is 32.0 Å². The van der Waals surface area contributed by atoms with Crippen LogP contribution in [0.25, 0.3) is 0 Å². The van der Waals surface area contributed by atoms with Gasteiger partial charge in [0.25, 0.3) is 0 Å². The van der Waals surface area contributed by atoms with Crippen LogP contribution in [0.3, 0.4) is 0 Å². The van der Waals surface area contributed by atoms with Gasteiger partial charge in [-0.1, -0.05) is 0 Å². The molecule has 0 atom stereocenters. The highest BCUT2D eigenvalue weighted by atomic mass is 32.2. The van der Waals surface area contributed by atoms with Crippen molar-refractivity contribution in [2.24, 2.45) is 0 Å². The molecule has 1 aliphatic heterocycles. The smallest absolute Gasteiger partial charge is 0.335 e. The maximum atomic E-state index is 12.4. The van der Waals surface area contributed by atoms with Crippen LogP contribution < -0.4 is 9.62 Å². The first-order chi connectivity index (χ1) is 10.5. The van der Waals surface area contributed by atoms with Crippen molar-refractivity contribution in [2.45, 2.75) is 4.90 Å². The van der Waals surface area contributed by atoms with Crippen LogP contribution in [0, 0.1) is 0 Å². The number of rotatable bonds is 6. The fourth-order valence-electron chi connectivity index (χ4n) is 2.19. The Morgan fingerprint density at radius 1 is 1.32 bits per heavy atom. The predicted molar refractivity (Wildman–Crippen MR) is 78.7 cm³/mol. The molecule has 0 amide bonds. The van der Waals surface area contributed by atoms with E-state index in [1.165, 1.54) is 12.1 Å². The van der Waals surface area contributed by atoms with Crippen LogP contribution in [0.5, 0.6) is 0 Å². The second kappa shape index (κ2) is 7.05. The van der Waals surface area contributed by atoms with Gasteiger partial charge in [0.2, 0.25) is 10.0 Å².